The van der Waals surface area contributed by atoms with E-state index in [0.717, 1.165) is 62.4 Å². The molecule has 28 heavy (non-hydrogen) atoms. The van der Waals surface area contributed by atoms with E-state index in [2.05, 4.69) is 63.2 Å². The predicted molar refractivity (Wildman–Crippen MR) is 117 cm³/mol. The number of aryl methyl sites for hydroxylation is 1. The summed E-state index contributed by atoms with van der Waals surface area (Å²) < 4.78 is 0. The maximum Gasteiger partial charge on any atom is 0.227 e. The molecule has 2 aliphatic heterocycles. The average molecular weight is 381 g/mol. The van der Waals surface area contributed by atoms with Gasteiger partial charge < -0.3 is 20.0 Å². The molecular weight excluding hydrogens is 348 g/mol. The molecule has 4 rings (SSSR count). The monoisotopic (exact) mass is 380 g/mol. The van der Waals surface area contributed by atoms with Gasteiger partial charge in [0.05, 0.1) is 0 Å². The fourth-order valence-corrected chi connectivity index (χ4v) is 4.10. The summed E-state index contributed by atoms with van der Waals surface area (Å²) in [6.45, 7) is 10.9. The molecule has 0 radical (unpaired) electrons. The van der Waals surface area contributed by atoms with E-state index in [-0.39, 0.29) is 0 Å². The maximum atomic E-state index is 4.80. The first-order valence-electron chi connectivity index (χ1n) is 10.5. The molecule has 1 atom stereocenters. The molecule has 2 fully saturated rings. The molecule has 0 spiro atoms. The first-order chi connectivity index (χ1) is 13.6. The summed E-state index contributed by atoms with van der Waals surface area (Å²) in [6.07, 6.45) is 2.52. The summed E-state index contributed by atoms with van der Waals surface area (Å²) in [6, 6.07) is 10.7. The van der Waals surface area contributed by atoms with Crippen LogP contribution in [0.1, 0.15) is 25.5 Å². The highest BCUT2D eigenvalue weighted by atomic mass is 15.3. The van der Waals surface area contributed by atoms with Gasteiger partial charge in [-0.3, -0.25) is 0 Å². The summed E-state index contributed by atoms with van der Waals surface area (Å²) >= 11 is 0. The first kappa shape index (κ1) is 19.0. The molecule has 1 aromatic heterocycles. The number of aromatic nitrogens is 2. The number of hydrogen-bond donors (Lipinski definition) is 1. The molecular formula is C22H32N6. The third-order valence-electron chi connectivity index (χ3n) is 5.79. The number of nitrogens with zero attached hydrogens (tertiary/aromatic N) is 5. The molecule has 6 nitrogen and oxygen atoms in total. The fraction of sp³-hybridized carbons (Fsp3) is 0.545. The zero-order chi connectivity index (χ0) is 19.5. The fourth-order valence-electron chi connectivity index (χ4n) is 4.10. The van der Waals surface area contributed by atoms with E-state index < -0.39 is 0 Å². The number of piperazine rings is 1. The van der Waals surface area contributed by atoms with Crippen LogP contribution in [0.25, 0.3) is 0 Å². The molecule has 2 aliphatic rings. The second kappa shape index (κ2) is 8.35. The van der Waals surface area contributed by atoms with Crippen molar-refractivity contribution in [2.24, 2.45) is 5.92 Å². The molecule has 150 valence electrons. The molecule has 0 bridgehead atoms. The average Bonchev–Trinajstić information content (AvgIpc) is 2.69. The van der Waals surface area contributed by atoms with Crippen molar-refractivity contribution >= 4 is 23.1 Å². The molecule has 0 saturated carbocycles. The Morgan fingerprint density at radius 3 is 2.43 bits per heavy atom. The van der Waals surface area contributed by atoms with Gasteiger partial charge in [0, 0.05) is 62.4 Å². The van der Waals surface area contributed by atoms with Gasteiger partial charge in [-0.2, -0.15) is 4.98 Å². The summed E-state index contributed by atoms with van der Waals surface area (Å²) in [5.41, 5.74) is 3.36. The van der Waals surface area contributed by atoms with Gasteiger partial charge >= 0.3 is 0 Å². The molecule has 1 N–H and O–H groups in total. The molecule has 0 aliphatic carbocycles. The highest BCUT2D eigenvalue weighted by Crippen LogP contribution is 2.24. The molecule has 3 heterocycles. The lowest BCUT2D eigenvalue weighted by atomic mass is 10.0. The topological polar surface area (TPSA) is 47.5 Å². The molecule has 6 heteroatoms. The van der Waals surface area contributed by atoms with Gasteiger partial charge in [0.25, 0.3) is 0 Å². The third kappa shape index (κ3) is 4.55. The number of anilines is 4. The van der Waals surface area contributed by atoms with Gasteiger partial charge in [-0.15, -0.1) is 0 Å². The van der Waals surface area contributed by atoms with E-state index in [1.165, 1.54) is 18.5 Å². The molecule has 0 amide bonds. The Morgan fingerprint density at radius 1 is 0.964 bits per heavy atom. The number of rotatable bonds is 4. The van der Waals surface area contributed by atoms with Crippen LogP contribution in [0.2, 0.25) is 0 Å². The Bertz CT molecular complexity index is 782. The summed E-state index contributed by atoms with van der Waals surface area (Å²) in [7, 11) is 2.19. The van der Waals surface area contributed by atoms with Crippen molar-refractivity contribution in [3.05, 3.63) is 36.0 Å². The van der Waals surface area contributed by atoms with Gasteiger partial charge in [0.15, 0.2) is 0 Å². The summed E-state index contributed by atoms with van der Waals surface area (Å²) in [5.74, 6) is 2.42. The smallest absolute Gasteiger partial charge is 0.227 e. The molecule has 1 unspecified atom stereocenters. The number of hydrogen-bond acceptors (Lipinski definition) is 6. The van der Waals surface area contributed by atoms with Crippen LogP contribution in [0.5, 0.6) is 0 Å². The largest absolute Gasteiger partial charge is 0.369 e. The van der Waals surface area contributed by atoms with E-state index in [1.54, 1.807) is 0 Å². The lowest BCUT2D eigenvalue weighted by molar-refractivity contribution is 0.313. The third-order valence-corrected chi connectivity index (χ3v) is 5.79. The van der Waals surface area contributed by atoms with Gasteiger partial charge in [-0.25, -0.2) is 4.98 Å². The second-order valence-electron chi connectivity index (χ2n) is 8.35. The minimum atomic E-state index is 0.705. The lowest BCUT2D eigenvalue weighted by Crippen LogP contribution is -2.44. The number of benzene rings is 1. The van der Waals surface area contributed by atoms with Crippen LogP contribution in [0.4, 0.5) is 23.1 Å². The number of likely N-dealkylation sites (N-methyl/N-ethyl adjacent to an activating group) is 1. The Morgan fingerprint density at radius 2 is 1.71 bits per heavy atom. The molecule has 2 aromatic rings. The van der Waals surface area contributed by atoms with Crippen molar-refractivity contribution in [3.63, 3.8) is 0 Å². The second-order valence-corrected chi connectivity index (χ2v) is 8.35. The normalized spacial score (nSPS) is 21.0. The van der Waals surface area contributed by atoms with Crippen LogP contribution < -0.4 is 15.1 Å². The van der Waals surface area contributed by atoms with Crippen LogP contribution in [0.3, 0.4) is 0 Å². The highest BCUT2D eigenvalue weighted by molar-refractivity contribution is 5.62. The number of nitrogens with one attached hydrogen (secondary N) is 1. The van der Waals surface area contributed by atoms with E-state index >= 15 is 0 Å². The van der Waals surface area contributed by atoms with Crippen LogP contribution in [-0.2, 0) is 0 Å². The van der Waals surface area contributed by atoms with Gasteiger partial charge in [-0.1, -0.05) is 6.92 Å². The SMILES string of the molecule is Cc1cc(Nc2ccc(N3CCN(C)CC3)cc2)nc(N2CCCC(C)C2)n1. The van der Waals surface area contributed by atoms with Crippen LogP contribution in [0.15, 0.2) is 30.3 Å². The summed E-state index contributed by atoms with van der Waals surface area (Å²) in [5, 5.41) is 3.47. The van der Waals surface area contributed by atoms with Crippen LogP contribution in [0, 0.1) is 12.8 Å². The minimum Gasteiger partial charge on any atom is -0.369 e. The quantitative estimate of drug-likeness (QED) is 0.876. The zero-order valence-electron chi connectivity index (χ0n) is 17.4. The van der Waals surface area contributed by atoms with Crippen molar-refractivity contribution in [1.29, 1.82) is 0 Å². The van der Waals surface area contributed by atoms with Gasteiger partial charge in [-0.05, 0) is 57.0 Å². The predicted octanol–water partition coefficient (Wildman–Crippen LogP) is 3.52. The van der Waals surface area contributed by atoms with Crippen LogP contribution in [-0.4, -0.2) is 61.2 Å². The highest BCUT2D eigenvalue weighted by Gasteiger charge is 2.19. The molecule has 1 aromatic carbocycles. The maximum absolute atomic E-state index is 4.80. The van der Waals surface area contributed by atoms with Crippen molar-refractivity contribution in [3.8, 4) is 0 Å². The van der Waals surface area contributed by atoms with Crippen molar-refractivity contribution in [1.82, 2.24) is 14.9 Å². The zero-order valence-corrected chi connectivity index (χ0v) is 17.4. The minimum absolute atomic E-state index is 0.705. The van der Waals surface area contributed by atoms with Gasteiger partial charge in [0.1, 0.15) is 5.82 Å². The van der Waals surface area contributed by atoms with Crippen molar-refractivity contribution in [2.75, 3.05) is 61.4 Å². The van der Waals surface area contributed by atoms with Crippen LogP contribution >= 0.6 is 0 Å². The summed E-state index contributed by atoms with van der Waals surface area (Å²) in [4.78, 5) is 16.6. The lowest BCUT2D eigenvalue weighted by Gasteiger charge is -2.34. The molecule has 2 saturated heterocycles. The van der Waals surface area contributed by atoms with Crippen molar-refractivity contribution < 1.29 is 0 Å². The Hall–Kier alpha value is -2.34. The van der Waals surface area contributed by atoms with E-state index in [9.17, 15) is 0 Å². The standard InChI is InChI=1S/C22H32N6/c1-17-5-4-10-28(16-17)22-23-18(2)15-21(25-22)24-19-6-8-20(9-7-19)27-13-11-26(3)12-14-27/h6-9,15,17H,4-5,10-14,16H2,1-3H3,(H,23,24,25). The number of piperidine rings is 1. The van der Waals surface area contributed by atoms with E-state index in [1.807, 2.05) is 13.0 Å². The Balaban J connectivity index is 1.45. The first-order valence-corrected chi connectivity index (χ1v) is 10.5. The van der Waals surface area contributed by atoms with Crippen molar-refractivity contribution in [2.45, 2.75) is 26.7 Å². The van der Waals surface area contributed by atoms with E-state index in [0.29, 0.717) is 5.92 Å². The Kier molecular flexibility index (Phi) is 5.67. The Labute approximate surface area is 168 Å². The van der Waals surface area contributed by atoms with Gasteiger partial charge in [0.2, 0.25) is 5.95 Å². The van der Waals surface area contributed by atoms with E-state index in [4.69, 9.17) is 4.98 Å².